The van der Waals surface area contributed by atoms with Crippen molar-refractivity contribution in [1.82, 2.24) is 19.9 Å². The van der Waals surface area contributed by atoms with E-state index in [4.69, 9.17) is 0 Å². The quantitative estimate of drug-likeness (QED) is 0.128. The Morgan fingerprint density at radius 2 is 0.545 bits per heavy atom. The number of fused-ring (bicyclic) bond motifs is 6. The first-order chi connectivity index (χ1) is 32.2. The van der Waals surface area contributed by atoms with Gasteiger partial charge in [0.05, 0.1) is 0 Å². The monoisotopic (exact) mass is 852 g/mol. The average molecular weight is 853 g/mol. The number of hydrogen-bond acceptors (Lipinski definition) is 6. The summed E-state index contributed by atoms with van der Waals surface area (Å²) in [5.74, 6) is 0. The maximum atomic E-state index is 4.27. The summed E-state index contributed by atoms with van der Waals surface area (Å²) < 4.78 is 0. The topological polar surface area (TPSA) is 58.0 Å². The Bertz CT molecular complexity index is 2980. The normalized spacial score (nSPS) is 13.9. The molecule has 318 valence electrons. The molecule has 11 rings (SSSR count). The Morgan fingerprint density at radius 1 is 0.288 bits per heavy atom. The van der Waals surface area contributed by atoms with Crippen molar-refractivity contribution in [3.8, 4) is 22.3 Å². The van der Waals surface area contributed by atoms with Gasteiger partial charge in [-0.3, -0.25) is 19.9 Å². The van der Waals surface area contributed by atoms with Gasteiger partial charge in [-0.25, -0.2) is 0 Å². The maximum Gasteiger partial charge on any atom is 0.0492 e. The number of aromatic nitrogens is 4. The van der Waals surface area contributed by atoms with Gasteiger partial charge in [-0.1, -0.05) is 125 Å². The molecule has 4 aromatic heterocycles. The number of anilines is 6. The van der Waals surface area contributed by atoms with E-state index in [-0.39, 0.29) is 10.8 Å². The average Bonchev–Trinajstić information content (AvgIpc) is 3.72. The van der Waals surface area contributed by atoms with Crippen LogP contribution in [0.1, 0.15) is 72.2 Å². The first-order valence-corrected chi connectivity index (χ1v) is 22.5. The lowest BCUT2D eigenvalue weighted by molar-refractivity contribution is 0.660. The van der Waals surface area contributed by atoms with E-state index in [1.807, 2.05) is 98.1 Å². The summed E-state index contributed by atoms with van der Waals surface area (Å²) in [6, 6.07) is 52.7. The van der Waals surface area contributed by atoms with Crippen LogP contribution in [0.15, 0.2) is 195 Å². The van der Waals surface area contributed by atoms with E-state index in [1.54, 1.807) is 0 Å². The second kappa shape index (κ2) is 16.4. The summed E-state index contributed by atoms with van der Waals surface area (Å²) in [7, 11) is 0. The van der Waals surface area contributed by atoms with E-state index in [9.17, 15) is 0 Å². The minimum Gasteiger partial charge on any atom is -0.310 e. The minimum atomic E-state index is -0.174. The zero-order valence-electron chi connectivity index (χ0n) is 37.5. The highest BCUT2D eigenvalue weighted by atomic mass is 15.2. The zero-order chi connectivity index (χ0) is 44.8. The molecule has 0 N–H and O–H groups in total. The molecule has 9 aromatic rings. The van der Waals surface area contributed by atoms with Crippen LogP contribution in [0.2, 0.25) is 0 Å². The lowest BCUT2D eigenvalue weighted by Crippen LogP contribution is -2.16. The van der Waals surface area contributed by atoms with Crippen LogP contribution in [0.5, 0.6) is 0 Å². The van der Waals surface area contributed by atoms with Gasteiger partial charge in [0.15, 0.2) is 0 Å². The first-order valence-electron chi connectivity index (χ1n) is 22.5. The number of pyridine rings is 4. The van der Waals surface area contributed by atoms with E-state index in [1.165, 1.54) is 55.6 Å². The van der Waals surface area contributed by atoms with Gasteiger partial charge in [0.25, 0.3) is 0 Å². The Balaban J connectivity index is 0.796. The fourth-order valence-corrected chi connectivity index (χ4v) is 9.94. The van der Waals surface area contributed by atoms with Crippen molar-refractivity contribution in [2.45, 2.75) is 38.5 Å². The molecule has 0 saturated heterocycles. The number of benzene rings is 5. The smallest absolute Gasteiger partial charge is 0.0492 e. The second-order valence-electron chi connectivity index (χ2n) is 18.1. The van der Waals surface area contributed by atoms with Gasteiger partial charge in [0.2, 0.25) is 0 Å². The lowest BCUT2D eigenvalue weighted by Gasteiger charge is -2.27. The third-order valence-electron chi connectivity index (χ3n) is 13.4. The molecule has 4 heterocycles. The van der Waals surface area contributed by atoms with Gasteiger partial charge in [0, 0.05) is 94.5 Å². The van der Waals surface area contributed by atoms with E-state index in [2.05, 4.69) is 179 Å². The summed E-state index contributed by atoms with van der Waals surface area (Å²) in [6.07, 6.45) is 23.6. The van der Waals surface area contributed by atoms with Crippen molar-refractivity contribution in [3.05, 3.63) is 240 Å². The fourth-order valence-electron chi connectivity index (χ4n) is 9.94. The molecule has 66 heavy (non-hydrogen) atoms. The molecule has 6 nitrogen and oxygen atoms in total. The first kappa shape index (κ1) is 40.5. The van der Waals surface area contributed by atoms with Crippen LogP contribution >= 0.6 is 0 Å². The minimum absolute atomic E-state index is 0.174. The molecule has 6 heteroatoms. The molecule has 0 fully saturated rings. The summed E-state index contributed by atoms with van der Waals surface area (Å²) >= 11 is 0. The summed E-state index contributed by atoms with van der Waals surface area (Å²) in [5.41, 5.74) is 21.3. The molecule has 0 spiro atoms. The van der Waals surface area contributed by atoms with Gasteiger partial charge in [-0.15, -0.1) is 0 Å². The second-order valence-corrected chi connectivity index (χ2v) is 18.1. The van der Waals surface area contributed by atoms with Gasteiger partial charge in [-0.05, 0) is 140 Å². The number of nitrogens with zero attached hydrogens (tertiary/aromatic N) is 6. The Kier molecular flexibility index (Phi) is 10.1. The fraction of sp³-hybridized carbons (Fsp3) is 0.100. The zero-order valence-corrected chi connectivity index (χ0v) is 37.5. The SMILES string of the molecule is CC1(C)c2cc(C=Cc3ccc(C=Cc4ccc5c(c4)C(C)(C)c4cc(N(c6ccncc6)c6ccncc6)ccc4-5)cc3)ccc2-c2ccc(N(c3ccncc3)c3ccncc3)cc21. The molecule has 0 aliphatic heterocycles. The molecular weight excluding hydrogens is 805 g/mol. The molecule has 2 aliphatic carbocycles. The van der Waals surface area contributed by atoms with Crippen LogP contribution in [-0.4, -0.2) is 19.9 Å². The van der Waals surface area contributed by atoms with Gasteiger partial charge in [-0.2, -0.15) is 0 Å². The maximum absolute atomic E-state index is 4.27. The van der Waals surface area contributed by atoms with E-state index in [0.29, 0.717) is 0 Å². The van der Waals surface area contributed by atoms with E-state index >= 15 is 0 Å². The van der Waals surface area contributed by atoms with Crippen molar-refractivity contribution >= 4 is 58.4 Å². The van der Waals surface area contributed by atoms with Gasteiger partial charge in [0.1, 0.15) is 0 Å². The molecule has 5 aromatic carbocycles. The van der Waals surface area contributed by atoms with Crippen molar-refractivity contribution < 1.29 is 0 Å². The van der Waals surface area contributed by atoms with Crippen molar-refractivity contribution in [3.63, 3.8) is 0 Å². The standard InChI is InChI=1S/C60H48N6/c1-59(2)55-37-43(13-17-51(55)53-19-15-49(39-57(53)59)65(45-21-29-61-30-22-45)46-23-31-62-32-24-46)11-9-41-5-7-42(8-6-41)10-12-44-14-18-52-54-20-16-50(40-58(54)60(3,4)56(52)38-44)66(47-25-33-63-34-26-47)48-27-35-64-36-28-48/h5-40H,1-4H3. The highest BCUT2D eigenvalue weighted by molar-refractivity contribution is 5.88. The molecular formula is C60H48N6. The molecule has 0 atom stereocenters. The summed E-state index contributed by atoms with van der Waals surface area (Å²) in [6.45, 7) is 9.36. The number of rotatable bonds is 10. The Hall–Kier alpha value is -8.22. The van der Waals surface area contributed by atoms with Crippen molar-refractivity contribution in [2.24, 2.45) is 0 Å². The molecule has 0 amide bonds. The van der Waals surface area contributed by atoms with E-state index in [0.717, 1.165) is 45.3 Å². The lowest BCUT2D eigenvalue weighted by atomic mass is 9.81. The van der Waals surface area contributed by atoms with Crippen molar-refractivity contribution in [2.75, 3.05) is 9.80 Å². The largest absolute Gasteiger partial charge is 0.310 e. The van der Waals surface area contributed by atoms with E-state index < -0.39 is 0 Å². The highest BCUT2D eigenvalue weighted by Gasteiger charge is 2.37. The van der Waals surface area contributed by atoms with Crippen LogP contribution in [0, 0.1) is 0 Å². The van der Waals surface area contributed by atoms with Crippen LogP contribution < -0.4 is 9.80 Å². The molecule has 0 saturated carbocycles. The molecule has 2 aliphatic rings. The van der Waals surface area contributed by atoms with Crippen molar-refractivity contribution in [1.29, 1.82) is 0 Å². The van der Waals surface area contributed by atoms with Gasteiger partial charge < -0.3 is 9.80 Å². The predicted octanol–water partition coefficient (Wildman–Crippen LogP) is 15.2. The number of hydrogen-bond donors (Lipinski definition) is 0. The van der Waals surface area contributed by atoms with Crippen LogP contribution in [0.25, 0.3) is 46.6 Å². The predicted molar refractivity (Wildman–Crippen MR) is 273 cm³/mol. The summed E-state index contributed by atoms with van der Waals surface area (Å²) in [5, 5.41) is 0. The molecule has 0 unspecified atom stereocenters. The molecule has 0 radical (unpaired) electrons. The summed E-state index contributed by atoms with van der Waals surface area (Å²) in [4.78, 5) is 21.6. The van der Waals surface area contributed by atoms with Crippen LogP contribution in [0.4, 0.5) is 34.1 Å². The third kappa shape index (κ3) is 7.27. The van der Waals surface area contributed by atoms with Gasteiger partial charge >= 0.3 is 0 Å². The Labute approximate surface area is 387 Å². The Morgan fingerprint density at radius 3 is 0.864 bits per heavy atom. The molecule has 0 bridgehead atoms. The highest BCUT2D eigenvalue weighted by Crippen LogP contribution is 2.52. The van der Waals surface area contributed by atoms with Crippen LogP contribution in [-0.2, 0) is 10.8 Å². The van der Waals surface area contributed by atoms with Crippen LogP contribution in [0.3, 0.4) is 0 Å². The third-order valence-corrected chi connectivity index (χ3v) is 13.4.